The largest absolute Gasteiger partial charge is 0.478 e. The lowest BCUT2D eigenvalue weighted by molar-refractivity contribution is 0.0696. The normalized spacial score (nSPS) is 21.2. The van der Waals surface area contributed by atoms with Crippen LogP contribution in [0.15, 0.2) is 22.7 Å². The molecule has 1 aromatic rings. The van der Waals surface area contributed by atoms with E-state index in [1.165, 1.54) is 6.07 Å². The highest BCUT2D eigenvalue weighted by atomic mass is 79.9. The van der Waals surface area contributed by atoms with Gasteiger partial charge in [-0.3, -0.25) is 0 Å². The summed E-state index contributed by atoms with van der Waals surface area (Å²) in [6.07, 6.45) is 1.40. The average Bonchev–Trinajstić information content (AvgIpc) is 2.65. The molecule has 1 saturated heterocycles. The summed E-state index contributed by atoms with van der Waals surface area (Å²) in [5.74, 6) is -0.738. The van der Waals surface area contributed by atoms with Gasteiger partial charge in [0, 0.05) is 16.7 Å². The molecule has 1 heterocycles. The summed E-state index contributed by atoms with van der Waals surface area (Å²) >= 11 is 3.18. The van der Waals surface area contributed by atoms with Crippen LogP contribution >= 0.6 is 15.9 Å². The van der Waals surface area contributed by atoms with Crippen molar-refractivity contribution in [3.8, 4) is 0 Å². The maximum absolute atomic E-state index is 11.7. The number of halogens is 1. The molecule has 1 aliphatic heterocycles. The second-order valence-electron chi connectivity index (χ2n) is 4.51. The Bertz CT molecular complexity index is 600. The minimum atomic E-state index is -2.96. The molecule has 0 bridgehead atoms. The van der Waals surface area contributed by atoms with E-state index in [1.54, 1.807) is 12.1 Å². The molecule has 0 aliphatic carbocycles. The Labute approximate surface area is 120 Å². The molecule has 7 heteroatoms. The van der Waals surface area contributed by atoms with Crippen LogP contribution < -0.4 is 5.32 Å². The Morgan fingerprint density at radius 2 is 2.21 bits per heavy atom. The van der Waals surface area contributed by atoms with Gasteiger partial charge in [0.1, 0.15) is 0 Å². The summed E-state index contributed by atoms with van der Waals surface area (Å²) in [5, 5.41) is 11.6. The highest BCUT2D eigenvalue weighted by Crippen LogP contribution is 2.24. The molecule has 1 fully saturated rings. The molecule has 1 atom stereocenters. The lowest BCUT2D eigenvalue weighted by Gasteiger charge is -2.12. The van der Waals surface area contributed by atoms with Crippen LogP contribution in [-0.4, -0.2) is 37.0 Å². The molecule has 5 nitrogen and oxygen atoms in total. The first-order chi connectivity index (χ1) is 8.90. The molecular formula is C12H14BrNO4S. The van der Waals surface area contributed by atoms with Gasteiger partial charge in [-0.1, -0.05) is 0 Å². The number of hydrogen-bond donors (Lipinski definition) is 2. The summed E-state index contributed by atoms with van der Waals surface area (Å²) in [7, 11) is -2.96. The van der Waals surface area contributed by atoms with Gasteiger partial charge in [0.25, 0.3) is 0 Å². The molecule has 104 valence electrons. The summed E-state index contributed by atoms with van der Waals surface area (Å²) < 4.78 is 23.8. The van der Waals surface area contributed by atoms with Crippen molar-refractivity contribution in [1.29, 1.82) is 0 Å². The molecule has 19 heavy (non-hydrogen) atoms. The number of benzene rings is 1. The van der Waals surface area contributed by atoms with Crippen molar-refractivity contribution in [1.82, 2.24) is 0 Å². The van der Waals surface area contributed by atoms with Crippen LogP contribution in [0.5, 0.6) is 0 Å². The SMILES string of the molecule is O=C(O)c1ccc(NCC2CCCS2(=O)=O)cc1Br. The highest BCUT2D eigenvalue weighted by molar-refractivity contribution is 9.10. The third-order valence-electron chi connectivity index (χ3n) is 3.20. The first-order valence-electron chi connectivity index (χ1n) is 5.88. The lowest BCUT2D eigenvalue weighted by atomic mass is 10.2. The highest BCUT2D eigenvalue weighted by Gasteiger charge is 2.30. The third kappa shape index (κ3) is 3.27. The van der Waals surface area contributed by atoms with Gasteiger partial charge in [-0.2, -0.15) is 0 Å². The summed E-state index contributed by atoms with van der Waals surface area (Å²) in [4.78, 5) is 10.9. The van der Waals surface area contributed by atoms with E-state index in [4.69, 9.17) is 5.11 Å². The zero-order valence-corrected chi connectivity index (χ0v) is 12.5. The van der Waals surface area contributed by atoms with E-state index < -0.39 is 15.8 Å². The smallest absolute Gasteiger partial charge is 0.336 e. The maximum atomic E-state index is 11.7. The summed E-state index contributed by atoms with van der Waals surface area (Å²) in [6.45, 7) is 0.362. The predicted octanol–water partition coefficient (Wildman–Crippen LogP) is 2.14. The van der Waals surface area contributed by atoms with Gasteiger partial charge < -0.3 is 10.4 Å². The minimum absolute atomic E-state index is 0.180. The lowest BCUT2D eigenvalue weighted by Crippen LogP contribution is -2.25. The van der Waals surface area contributed by atoms with Crippen LogP contribution in [-0.2, 0) is 9.84 Å². The molecule has 0 aromatic heterocycles. The van der Waals surface area contributed by atoms with Crippen molar-refractivity contribution >= 4 is 37.4 Å². The topological polar surface area (TPSA) is 83.5 Å². The second-order valence-corrected chi connectivity index (χ2v) is 7.77. The molecule has 0 radical (unpaired) electrons. The number of carbonyl (C=O) groups is 1. The van der Waals surface area contributed by atoms with Crippen LogP contribution in [0.2, 0.25) is 0 Å². The Kier molecular flexibility index (Phi) is 4.15. The molecule has 1 aromatic carbocycles. The Hall–Kier alpha value is -1.08. The molecule has 0 spiro atoms. The predicted molar refractivity (Wildman–Crippen MR) is 76.4 cm³/mol. The van der Waals surface area contributed by atoms with Crippen molar-refractivity contribution in [3.05, 3.63) is 28.2 Å². The van der Waals surface area contributed by atoms with Crippen molar-refractivity contribution in [2.45, 2.75) is 18.1 Å². The van der Waals surface area contributed by atoms with Crippen molar-refractivity contribution < 1.29 is 18.3 Å². The van der Waals surface area contributed by atoms with E-state index in [0.717, 1.165) is 6.42 Å². The van der Waals surface area contributed by atoms with Crippen LogP contribution in [0.4, 0.5) is 5.69 Å². The molecule has 0 saturated carbocycles. The van der Waals surface area contributed by atoms with Crippen LogP contribution in [0.1, 0.15) is 23.2 Å². The summed E-state index contributed by atoms with van der Waals surface area (Å²) in [6, 6.07) is 4.76. The van der Waals surface area contributed by atoms with E-state index in [1.807, 2.05) is 0 Å². The molecular weight excluding hydrogens is 334 g/mol. The van der Waals surface area contributed by atoms with Crippen LogP contribution in [0.25, 0.3) is 0 Å². The zero-order valence-electron chi connectivity index (χ0n) is 10.1. The fourth-order valence-corrected chi connectivity index (χ4v) is 4.43. The number of carboxylic acid groups (broad SMARTS) is 1. The number of anilines is 1. The number of sulfone groups is 1. The van der Waals surface area contributed by atoms with Gasteiger partial charge in [-0.05, 0) is 47.0 Å². The van der Waals surface area contributed by atoms with Gasteiger partial charge in [0.15, 0.2) is 9.84 Å². The average molecular weight is 348 g/mol. The van der Waals surface area contributed by atoms with Crippen molar-refractivity contribution in [2.75, 3.05) is 17.6 Å². The molecule has 2 rings (SSSR count). The van der Waals surface area contributed by atoms with Gasteiger partial charge in [-0.15, -0.1) is 0 Å². The van der Waals surface area contributed by atoms with Crippen molar-refractivity contribution in [3.63, 3.8) is 0 Å². The standard InChI is InChI=1S/C12H14BrNO4S/c13-11-6-8(3-4-10(11)12(15)16)14-7-9-2-1-5-19(9,17)18/h3-4,6,9,14H,1-2,5,7H2,(H,15,16). The first kappa shape index (κ1) is 14.3. The fraction of sp³-hybridized carbons (Fsp3) is 0.417. The monoisotopic (exact) mass is 347 g/mol. The van der Waals surface area contributed by atoms with E-state index in [2.05, 4.69) is 21.2 Å². The fourth-order valence-electron chi connectivity index (χ4n) is 2.12. The van der Waals surface area contributed by atoms with Gasteiger partial charge in [0.2, 0.25) is 0 Å². The second kappa shape index (κ2) is 5.50. The number of aromatic carboxylic acids is 1. The van der Waals surface area contributed by atoms with Crippen LogP contribution in [0, 0.1) is 0 Å². The maximum Gasteiger partial charge on any atom is 0.336 e. The Morgan fingerprint density at radius 1 is 1.47 bits per heavy atom. The van der Waals surface area contributed by atoms with Gasteiger partial charge in [-0.25, -0.2) is 13.2 Å². The van der Waals surface area contributed by atoms with E-state index in [9.17, 15) is 13.2 Å². The number of hydrogen-bond acceptors (Lipinski definition) is 4. The third-order valence-corrected chi connectivity index (χ3v) is 6.13. The van der Waals surface area contributed by atoms with E-state index in [0.29, 0.717) is 23.1 Å². The van der Waals surface area contributed by atoms with E-state index in [-0.39, 0.29) is 16.6 Å². The van der Waals surface area contributed by atoms with E-state index >= 15 is 0 Å². The molecule has 1 unspecified atom stereocenters. The van der Waals surface area contributed by atoms with Gasteiger partial charge in [0.05, 0.1) is 16.6 Å². The summed E-state index contributed by atoms with van der Waals surface area (Å²) in [5.41, 5.74) is 0.887. The number of rotatable bonds is 4. The number of nitrogens with one attached hydrogen (secondary N) is 1. The zero-order chi connectivity index (χ0) is 14.0. The molecule has 0 amide bonds. The van der Waals surface area contributed by atoms with Crippen LogP contribution in [0.3, 0.4) is 0 Å². The Morgan fingerprint density at radius 3 is 2.74 bits per heavy atom. The minimum Gasteiger partial charge on any atom is -0.478 e. The number of carboxylic acids is 1. The van der Waals surface area contributed by atoms with Crippen molar-refractivity contribution in [2.24, 2.45) is 0 Å². The van der Waals surface area contributed by atoms with Gasteiger partial charge >= 0.3 is 5.97 Å². The molecule has 1 aliphatic rings. The Balaban J connectivity index is 2.05. The quantitative estimate of drug-likeness (QED) is 0.871. The molecule has 2 N–H and O–H groups in total. The first-order valence-corrected chi connectivity index (χ1v) is 8.39.